The highest BCUT2D eigenvalue weighted by atomic mass is 35.5. The van der Waals surface area contributed by atoms with E-state index in [9.17, 15) is 4.79 Å². The number of anilines is 2. The molecule has 0 fully saturated rings. The fraction of sp³-hybridized carbons (Fsp3) is 0.118. The van der Waals surface area contributed by atoms with Crippen LogP contribution in [0, 0.1) is 6.92 Å². The van der Waals surface area contributed by atoms with E-state index in [0.29, 0.717) is 5.69 Å². The summed E-state index contributed by atoms with van der Waals surface area (Å²) in [6.45, 7) is 2.12. The molecule has 0 aliphatic carbocycles. The van der Waals surface area contributed by atoms with Crippen LogP contribution in [0.1, 0.15) is 21.6 Å². The molecule has 0 spiro atoms. The van der Waals surface area contributed by atoms with E-state index in [1.54, 1.807) is 12.1 Å². The molecule has 5 nitrogen and oxygen atoms in total. The Morgan fingerprint density at radius 3 is 2.83 bits per heavy atom. The van der Waals surface area contributed by atoms with Gasteiger partial charge in [-0.3, -0.25) is 0 Å². The standard InChI is InChI=1S/C17H14ClN3O2S/c1-11-4-6-12(7-5-11)20-17-21-13(10-24-17)9-23-16(22)14-3-2-8-19-15(14)18/h2-8,10H,9H2,1H3,(H,20,21). The molecule has 0 radical (unpaired) electrons. The molecular weight excluding hydrogens is 346 g/mol. The lowest BCUT2D eigenvalue weighted by molar-refractivity contribution is 0.0468. The van der Waals surface area contributed by atoms with E-state index in [1.807, 2.05) is 36.6 Å². The maximum Gasteiger partial charge on any atom is 0.341 e. The van der Waals surface area contributed by atoms with E-state index in [4.69, 9.17) is 16.3 Å². The van der Waals surface area contributed by atoms with Gasteiger partial charge in [-0.15, -0.1) is 11.3 Å². The molecule has 3 aromatic rings. The summed E-state index contributed by atoms with van der Waals surface area (Å²) in [4.78, 5) is 20.2. The van der Waals surface area contributed by atoms with Crippen molar-refractivity contribution < 1.29 is 9.53 Å². The lowest BCUT2D eigenvalue weighted by Gasteiger charge is -2.04. The van der Waals surface area contributed by atoms with Crippen molar-refractivity contribution in [3.05, 3.63) is 69.9 Å². The molecule has 0 aliphatic rings. The first-order valence-electron chi connectivity index (χ1n) is 7.17. The summed E-state index contributed by atoms with van der Waals surface area (Å²) < 4.78 is 5.23. The number of pyridine rings is 1. The van der Waals surface area contributed by atoms with E-state index < -0.39 is 5.97 Å². The first-order valence-corrected chi connectivity index (χ1v) is 8.43. The van der Waals surface area contributed by atoms with Gasteiger partial charge in [-0.2, -0.15) is 0 Å². The molecule has 24 heavy (non-hydrogen) atoms. The molecule has 0 saturated heterocycles. The Balaban J connectivity index is 1.59. The Labute approximate surface area is 148 Å². The molecule has 0 amide bonds. The first kappa shape index (κ1) is 16.4. The molecule has 0 bridgehead atoms. The molecule has 1 aromatic carbocycles. The Morgan fingerprint density at radius 2 is 2.08 bits per heavy atom. The number of rotatable bonds is 5. The van der Waals surface area contributed by atoms with E-state index in [-0.39, 0.29) is 17.3 Å². The average molecular weight is 360 g/mol. The second kappa shape index (κ2) is 7.42. The maximum absolute atomic E-state index is 12.0. The van der Waals surface area contributed by atoms with Crippen molar-refractivity contribution in [3.63, 3.8) is 0 Å². The number of esters is 1. The van der Waals surface area contributed by atoms with Gasteiger partial charge in [0.2, 0.25) is 0 Å². The fourth-order valence-corrected chi connectivity index (χ4v) is 2.86. The zero-order valence-corrected chi connectivity index (χ0v) is 14.4. The summed E-state index contributed by atoms with van der Waals surface area (Å²) in [7, 11) is 0. The number of carbonyl (C=O) groups excluding carboxylic acids is 1. The number of halogens is 1. The second-order valence-electron chi connectivity index (χ2n) is 5.05. The summed E-state index contributed by atoms with van der Waals surface area (Å²) in [6, 6.07) is 11.2. The summed E-state index contributed by atoms with van der Waals surface area (Å²) >= 11 is 7.32. The van der Waals surface area contributed by atoms with Gasteiger partial charge in [0.25, 0.3) is 0 Å². The molecule has 122 valence electrons. The molecule has 2 aromatic heterocycles. The summed E-state index contributed by atoms with van der Waals surface area (Å²) in [5.41, 5.74) is 3.07. The van der Waals surface area contributed by atoms with Gasteiger partial charge in [0, 0.05) is 17.3 Å². The van der Waals surface area contributed by atoms with Gasteiger partial charge in [0.1, 0.15) is 11.8 Å². The van der Waals surface area contributed by atoms with Crippen LogP contribution in [-0.4, -0.2) is 15.9 Å². The van der Waals surface area contributed by atoms with Crippen molar-refractivity contribution >= 4 is 39.7 Å². The molecule has 3 rings (SSSR count). The third kappa shape index (κ3) is 4.10. The third-order valence-corrected chi connectivity index (χ3v) is 4.29. The van der Waals surface area contributed by atoms with Crippen LogP contribution in [0.15, 0.2) is 48.0 Å². The molecule has 0 aliphatic heterocycles. The maximum atomic E-state index is 12.0. The predicted molar refractivity (Wildman–Crippen MR) is 94.9 cm³/mol. The normalized spacial score (nSPS) is 10.4. The molecule has 1 N–H and O–H groups in total. The van der Waals surface area contributed by atoms with Crippen molar-refractivity contribution in [2.45, 2.75) is 13.5 Å². The highest BCUT2D eigenvalue weighted by Crippen LogP contribution is 2.22. The fourth-order valence-electron chi connectivity index (χ4n) is 1.95. The highest BCUT2D eigenvalue weighted by molar-refractivity contribution is 7.13. The van der Waals surface area contributed by atoms with Crippen LogP contribution in [0.25, 0.3) is 0 Å². The molecule has 2 heterocycles. The van der Waals surface area contributed by atoms with Crippen molar-refractivity contribution in [2.75, 3.05) is 5.32 Å². The van der Waals surface area contributed by atoms with Crippen molar-refractivity contribution in [1.82, 2.24) is 9.97 Å². The number of thiazole rings is 1. The number of carbonyl (C=O) groups is 1. The second-order valence-corrected chi connectivity index (χ2v) is 6.27. The first-order chi connectivity index (χ1) is 11.6. The summed E-state index contributed by atoms with van der Waals surface area (Å²) in [6.07, 6.45) is 1.52. The van der Waals surface area contributed by atoms with Crippen LogP contribution < -0.4 is 5.32 Å². The summed E-state index contributed by atoms with van der Waals surface area (Å²) in [5.74, 6) is -0.519. The minimum absolute atomic E-state index is 0.0795. The Hall–Kier alpha value is -2.44. The number of nitrogens with zero attached hydrogens (tertiary/aromatic N) is 2. The van der Waals surface area contributed by atoms with E-state index in [0.717, 1.165) is 10.8 Å². The van der Waals surface area contributed by atoms with Gasteiger partial charge in [0.15, 0.2) is 5.13 Å². The van der Waals surface area contributed by atoms with E-state index in [2.05, 4.69) is 15.3 Å². The smallest absolute Gasteiger partial charge is 0.341 e. The molecule has 0 unspecified atom stereocenters. The summed E-state index contributed by atoms with van der Waals surface area (Å²) in [5, 5.41) is 5.93. The number of nitrogens with one attached hydrogen (secondary N) is 1. The third-order valence-electron chi connectivity index (χ3n) is 3.18. The number of hydrogen-bond donors (Lipinski definition) is 1. The lowest BCUT2D eigenvalue weighted by atomic mass is 10.2. The Bertz CT molecular complexity index is 849. The van der Waals surface area contributed by atoms with Gasteiger partial charge in [-0.25, -0.2) is 14.8 Å². The van der Waals surface area contributed by atoms with Crippen LogP contribution in [-0.2, 0) is 11.3 Å². The van der Waals surface area contributed by atoms with E-state index >= 15 is 0 Å². The predicted octanol–water partition coefficient (Wildman–Crippen LogP) is 4.60. The van der Waals surface area contributed by atoms with Crippen LogP contribution in [0.3, 0.4) is 0 Å². The number of benzene rings is 1. The molecular formula is C17H14ClN3O2S. The van der Waals surface area contributed by atoms with Gasteiger partial charge in [-0.05, 0) is 31.2 Å². The molecule has 0 saturated carbocycles. The molecule has 0 atom stereocenters. The topological polar surface area (TPSA) is 64.1 Å². The zero-order valence-electron chi connectivity index (χ0n) is 12.8. The van der Waals surface area contributed by atoms with Crippen molar-refractivity contribution in [1.29, 1.82) is 0 Å². The number of aromatic nitrogens is 2. The quantitative estimate of drug-likeness (QED) is 0.532. The van der Waals surface area contributed by atoms with Gasteiger partial charge >= 0.3 is 5.97 Å². The zero-order chi connectivity index (χ0) is 16.9. The Kier molecular flexibility index (Phi) is 5.08. The van der Waals surface area contributed by atoms with E-state index in [1.165, 1.54) is 23.1 Å². The largest absolute Gasteiger partial charge is 0.455 e. The lowest BCUT2D eigenvalue weighted by Crippen LogP contribution is -2.06. The minimum atomic E-state index is -0.519. The highest BCUT2D eigenvalue weighted by Gasteiger charge is 2.13. The van der Waals surface area contributed by atoms with Crippen molar-refractivity contribution in [2.24, 2.45) is 0 Å². The van der Waals surface area contributed by atoms with Crippen LogP contribution >= 0.6 is 22.9 Å². The molecule has 7 heteroatoms. The van der Waals surface area contributed by atoms with Gasteiger partial charge < -0.3 is 10.1 Å². The average Bonchev–Trinajstić information content (AvgIpc) is 3.03. The van der Waals surface area contributed by atoms with Crippen molar-refractivity contribution in [3.8, 4) is 0 Å². The number of hydrogen-bond acceptors (Lipinski definition) is 6. The number of aryl methyl sites for hydroxylation is 1. The van der Waals surface area contributed by atoms with Crippen LogP contribution in [0.4, 0.5) is 10.8 Å². The van der Waals surface area contributed by atoms with Crippen LogP contribution in [0.2, 0.25) is 5.15 Å². The monoisotopic (exact) mass is 359 g/mol. The van der Waals surface area contributed by atoms with Crippen LogP contribution in [0.5, 0.6) is 0 Å². The SMILES string of the molecule is Cc1ccc(Nc2nc(COC(=O)c3cccnc3Cl)cs2)cc1. The van der Waals surface area contributed by atoms with Gasteiger partial charge in [-0.1, -0.05) is 29.3 Å². The van der Waals surface area contributed by atoms with Gasteiger partial charge in [0.05, 0.1) is 11.3 Å². The Morgan fingerprint density at radius 1 is 1.29 bits per heavy atom. The minimum Gasteiger partial charge on any atom is -0.455 e. The number of ether oxygens (including phenoxy) is 1.